The third-order valence-corrected chi connectivity index (χ3v) is 6.10. The Bertz CT molecular complexity index is 1010. The fourth-order valence-corrected chi connectivity index (χ4v) is 4.45. The summed E-state index contributed by atoms with van der Waals surface area (Å²) in [6, 6.07) is 15.3. The molecule has 1 aliphatic carbocycles. The molecule has 0 fully saturated rings. The van der Waals surface area contributed by atoms with Crippen LogP contribution in [0.5, 0.6) is 0 Å². The Hall–Kier alpha value is -3.39. The number of carboxylic acids is 1. The maximum absolute atomic E-state index is 13.2. The lowest BCUT2D eigenvalue weighted by atomic mass is 9.98. The third-order valence-electron chi connectivity index (χ3n) is 6.10. The van der Waals surface area contributed by atoms with Gasteiger partial charge in [-0.3, -0.25) is 9.59 Å². The maximum Gasteiger partial charge on any atom is 0.407 e. The van der Waals surface area contributed by atoms with Crippen molar-refractivity contribution in [1.82, 2.24) is 15.1 Å². The highest BCUT2D eigenvalue weighted by Gasteiger charge is 2.31. The predicted octanol–water partition coefficient (Wildman–Crippen LogP) is 3.41. The number of alkyl carbamates (subject to hydrolysis) is 1. The SMILES string of the molecule is CC(C)C[C@@H](NC(=O)OCC1c2ccccc2-c2ccccc21)C(=O)N(CCN(C)C)CC(=O)O. The van der Waals surface area contributed by atoms with Gasteiger partial charge in [0.25, 0.3) is 0 Å². The molecule has 0 heterocycles. The van der Waals surface area contributed by atoms with Gasteiger partial charge in [0.15, 0.2) is 0 Å². The van der Waals surface area contributed by atoms with Gasteiger partial charge in [0, 0.05) is 19.0 Å². The highest BCUT2D eigenvalue weighted by Crippen LogP contribution is 2.44. The van der Waals surface area contributed by atoms with Crippen LogP contribution in [0.2, 0.25) is 0 Å². The number of nitrogens with zero attached hydrogens (tertiary/aromatic N) is 2. The van der Waals surface area contributed by atoms with Crippen LogP contribution in [0.25, 0.3) is 11.1 Å². The van der Waals surface area contributed by atoms with Gasteiger partial charge in [-0.05, 0) is 48.7 Å². The molecule has 2 N–H and O–H groups in total. The van der Waals surface area contributed by atoms with Crippen LogP contribution in [-0.2, 0) is 14.3 Å². The van der Waals surface area contributed by atoms with Gasteiger partial charge >= 0.3 is 12.1 Å². The fraction of sp³-hybridized carbons (Fsp3) is 0.444. The van der Waals surface area contributed by atoms with Crippen molar-refractivity contribution < 1.29 is 24.2 Å². The van der Waals surface area contributed by atoms with E-state index in [9.17, 15) is 19.5 Å². The average molecular weight is 482 g/mol. The van der Waals surface area contributed by atoms with E-state index in [1.54, 1.807) is 0 Å². The molecule has 2 aromatic carbocycles. The normalized spacial score (nSPS) is 13.3. The van der Waals surface area contributed by atoms with Crippen LogP contribution >= 0.6 is 0 Å². The first-order valence-electron chi connectivity index (χ1n) is 11.9. The van der Waals surface area contributed by atoms with Gasteiger partial charge < -0.3 is 25.0 Å². The summed E-state index contributed by atoms with van der Waals surface area (Å²) < 4.78 is 5.62. The lowest BCUT2D eigenvalue weighted by Gasteiger charge is -2.28. The minimum atomic E-state index is -1.10. The summed E-state index contributed by atoms with van der Waals surface area (Å²) in [6.07, 6.45) is -0.310. The summed E-state index contributed by atoms with van der Waals surface area (Å²) in [5, 5.41) is 12.0. The van der Waals surface area contributed by atoms with E-state index < -0.39 is 30.6 Å². The number of carbonyl (C=O) groups excluding carboxylic acids is 2. The smallest absolute Gasteiger partial charge is 0.407 e. The van der Waals surface area contributed by atoms with E-state index in [4.69, 9.17) is 4.74 Å². The van der Waals surface area contributed by atoms with Crippen LogP contribution in [0.15, 0.2) is 48.5 Å². The molecule has 0 saturated heterocycles. The summed E-state index contributed by atoms with van der Waals surface area (Å²) in [5.74, 6) is -1.49. The number of aliphatic carboxylic acids is 1. The fourth-order valence-electron chi connectivity index (χ4n) is 4.45. The summed E-state index contributed by atoms with van der Waals surface area (Å²) in [7, 11) is 3.70. The monoisotopic (exact) mass is 481 g/mol. The van der Waals surface area contributed by atoms with Crippen molar-refractivity contribution in [3.05, 3.63) is 59.7 Å². The van der Waals surface area contributed by atoms with Crippen molar-refractivity contribution in [3.8, 4) is 11.1 Å². The van der Waals surface area contributed by atoms with Crippen LogP contribution in [0, 0.1) is 5.92 Å². The summed E-state index contributed by atoms with van der Waals surface area (Å²) in [5.41, 5.74) is 4.48. The molecule has 0 aromatic heterocycles. The van der Waals surface area contributed by atoms with Crippen molar-refractivity contribution in [3.63, 3.8) is 0 Å². The van der Waals surface area contributed by atoms with E-state index in [0.29, 0.717) is 13.0 Å². The number of rotatable bonds is 11. The predicted molar refractivity (Wildman–Crippen MR) is 134 cm³/mol. The van der Waals surface area contributed by atoms with E-state index >= 15 is 0 Å². The van der Waals surface area contributed by atoms with E-state index in [0.717, 1.165) is 22.3 Å². The van der Waals surface area contributed by atoms with Gasteiger partial charge in [0.1, 0.15) is 19.2 Å². The first-order chi connectivity index (χ1) is 16.7. The van der Waals surface area contributed by atoms with Crippen LogP contribution < -0.4 is 5.32 Å². The first-order valence-corrected chi connectivity index (χ1v) is 11.9. The molecule has 0 radical (unpaired) electrons. The van der Waals surface area contributed by atoms with E-state index in [2.05, 4.69) is 17.4 Å². The first kappa shape index (κ1) is 26.2. The maximum atomic E-state index is 13.2. The number of likely N-dealkylation sites (N-methyl/N-ethyl adjacent to an activating group) is 1. The molecular weight excluding hydrogens is 446 g/mol. The standard InChI is InChI=1S/C27H35N3O5/c1-18(2)15-24(26(33)30(16-25(31)32)14-13-29(3)4)28-27(34)35-17-23-21-11-7-5-9-19(21)20-10-6-8-12-22(20)23/h5-12,18,23-24H,13-17H2,1-4H3,(H,28,34)(H,31,32)/t24-/m1/s1. The van der Waals surface area contributed by atoms with Crippen LogP contribution in [0.1, 0.15) is 37.3 Å². The Balaban J connectivity index is 1.69. The number of benzene rings is 2. The molecule has 8 heteroatoms. The van der Waals surface area contributed by atoms with Crippen molar-refractivity contribution in [2.24, 2.45) is 5.92 Å². The number of amides is 2. The lowest BCUT2D eigenvalue weighted by Crippen LogP contribution is -2.52. The van der Waals surface area contributed by atoms with E-state index in [1.807, 2.05) is 69.2 Å². The van der Waals surface area contributed by atoms with Crippen molar-refractivity contribution in [2.75, 3.05) is 40.3 Å². The van der Waals surface area contributed by atoms with Crippen molar-refractivity contribution >= 4 is 18.0 Å². The Morgan fingerprint density at radius 3 is 2.06 bits per heavy atom. The van der Waals surface area contributed by atoms with Gasteiger partial charge in [-0.2, -0.15) is 0 Å². The molecule has 8 nitrogen and oxygen atoms in total. The number of ether oxygens (including phenoxy) is 1. The largest absolute Gasteiger partial charge is 0.480 e. The van der Waals surface area contributed by atoms with Gasteiger partial charge in [0.05, 0.1) is 0 Å². The highest BCUT2D eigenvalue weighted by molar-refractivity contribution is 5.88. The van der Waals surface area contributed by atoms with Gasteiger partial charge in [-0.25, -0.2) is 4.79 Å². The minimum Gasteiger partial charge on any atom is -0.480 e. The Kier molecular flexibility index (Phi) is 8.87. The number of nitrogens with one attached hydrogen (secondary N) is 1. The second-order valence-electron chi connectivity index (χ2n) is 9.61. The molecular formula is C27H35N3O5. The average Bonchev–Trinajstić information content (AvgIpc) is 3.12. The Morgan fingerprint density at radius 1 is 0.971 bits per heavy atom. The zero-order valence-electron chi connectivity index (χ0n) is 20.9. The lowest BCUT2D eigenvalue weighted by molar-refractivity contribution is -0.145. The van der Waals surface area contributed by atoms with Crippen molar-refractivity contribution in [1.29, 1.82) is 0 Å². The molecule has 1 aliphatic rings. The second-order valence-corrected chi connectivity index (χ2v) is 9.61. The number of hydrogen-bond acceptors (Lipinski definition) is 5. The minimum absolute atomic E-state index is 0.0870. The molecule has 0 unspecified atom stereocenters. The van der Waals surface area contributed by atoms with Crippen molar-refractivity contribution in [2.45, 2.75) is 32.2 Å². The topological polar surface area (TPSA) is 99.2 Å². The quantitative estimate of drug-likeness (QED) is 0.510. The number of hydrogen-bond donors (Lipinski definition) is 2. The molecule has 3 rings (SSSR count). The third kappa shape index (κ3) is 6.82. The molecule has 0 bridgehead atoms. The van der Waals surface area contributed by atoms with Crippen LogP contribution in [0.3, 0.4) is 0 Å². The molecule has 1 atom stereocenters. The zero-order valence-corrected chi connectivity index (χ0v) is 20.9. The number of carbonyl (C=O) groups is 3. The van der Waals surface area contributed by atoms with E-state index in [-0.39, 0.29) is 25.0 Å². The molecule has 0 saturated carbocycles. The number of carboxylic acid groups (broad SMARTS) is 1. The Labute approximate surface area is 206 Å². The molecule has 0 aliphatic heterocycles. The Morgan fingerprint density at radius 2 is 1.54 bits per heavy atom. The summed E-state index contributed by atoms with van der Waals surface area (Å²) in [6.45, 7) is 4.37. The van der Waals surface area contributed by atoms with E-state index in [1.165, 1.54) is 4.90 Å². The van der Waals surface area contributed by atoms with Crippen LogP contribution in [0.4, 0.5) is 4.79 Å². The summed E-state index contributed by atoms with van der Waals surface area (Å²) >= 11 is 0. The molecule has 35 heavy (non-hydrogen) atoms. The zero-order chi connectivity index (χ0) is 25.5. The highest BCUT2D eigenvalue weighted by atomic mass is 16.5. The summed E-state index contributed by atoms with van der Waals surface area (Å²) in [4.78, 5) is 40.5. The second kappa shape index (κ2) is 11.8. The van der Waals surface area contributed by atoms with Gasteiger partial charge in [-0.1, -0.05) is 62.4 Å². The molecule has 188 valence electrons. The number of fused-ring (bicyclic) bond motifs is 3. The molecule has 2 amide bonds. The molecule has 0 spiro atoms. The van der Waals surface area contributed by atoms with Crippen LogP contribution in [-0.4, -0.2) is 79.3 Å². The molecule has 2 aromatic rings. The van der Waals surface area contributed by atoms with Gasteiger partial charge in [-0.15, -0.1) is 0 Å². The van der Waals surface area contributed by atoms with Gasteiger partial charge in [0.2, 0.25) is 5.91 Å².